The van der Waals surface area contributed by atoms with E-state index >= 15 is 0 Å². The van der Waals surface area contributed by atoms with Crippen molar-refractivity contribution >= 4 is 44.3 Å². The monoisotopic (exact) mass is 539 g/mol. The quantitative estimate of drug-likeness (QED) is 0.358. The van der Waals surface area contributed by atoms with Crippen LogP contribution in [0.15, 0.2) is 53.4 Å². The van der Waals surface area contributed by atoms with Gasteiger partial charge in [0.15, 0.2) is 0 Å². The highest BCUT2D eigenvalue weighted by Crippen LogP contribution is 2.28. The Morgan fingerprint density at radius 1 is 1.00 bits per heavy atom. The van der Waals surface area contributed by atoms with Crippen molar-refractivity contribution in [2.75, 3.05) is 48.9 Å². The molecule has 0 bridgehead atoms. The van der Waals surface area contributed by atoms with E-state index < -0.39 is 16.0 Å². The molecular weight excluding hydrogens is 506 g/mol. The van der Waals surface area contributed by atoms with Crippen LogP contribution in [0.5, 0.6) is 0 Å². The van der Waals surface area contributed by atoms with Crippen LogP contribution in [0.3, 0.4) is 0 Å². The van der Waals surface area contributed by atoms with Crippen molar-refractivity contribution in [3.05, 3.63) is 59.7 Å². The first-order chi connectivity index (χ1) is 18.2. The largest absolute Gasteiger partial charge is 0.478 e. The van der Waals surface area contributed by atoms with Gasteiger partial charge in [0.05, 0.1) is 22.5 Å². The van der Waals surface area contributed by atoms with Gasteiger partial charge < -0.3 is 15.3 Å². The SMILES string of the molecule is CCCNC(=O)CN1CCN(c2cc(C(=O)O)c3cc(NS(=O)(=O)c4ccc(CC)cc4)ccc3n2)CC1. The Hall–Kier alpha value is -3.70. The number of piperazine rings is 1. The lowest BCUT2D eigenvalue weighted by Crippen LogP contribution is -2.49. The number of benzene rings is 2. The van der Waals surface area contributed by atoms with Crippen LogP contribution in [-0.4, -0.2) is 74.6 Å². The molecule has 1 fully saturated rings. The third kappa shape index (κ3) is 6.40. The minimum absolute atomic E-state index is 0.00157. The fourth-order valence-electron chi connectivity index (χ4n) is 4.39. The third-order valence-electron chi connectivity index (χ3n) is 6.56. The summed E-state index contributed by atoms with van der Waals surface area (Å²) in [6.07, 6.45) is 1.69. The van der Waals surface area contributed by atoms with Gasteiger partial charge in [-0.25, -0.2) is 18.2 Å². The Morgan fingerprint density at radius 3 is 2.34 bits per heavy atom. The summed E-state index contributed by atoms with van der Waals surface area (Å²) < 4.78 is 28.3. The van der Waals surface area contributed by atoms with Gasteiger partial charge in [0, 0.05) is 43.8 Å². The first kappa shape index (κ1) is 27.3. The normalized spacial score (nSPS) is 14.4. The average Bonchev–Trinajstić information content (AvgIpc) is 2.91. The summed E-state index contributed by atoms with van der Waals surface area (Å²) in [5.74, 6) is -0.587. The van der Waals surface area contributed by atoms with Gasteiger partial charge in [-0.15, -0.1) is 0 Å². The molecule has 2 heterocycles. The predicted octanol–water partition coefficient (Wildman–Crippen LogP) is 2.94. The van der Waals surface area contributed by atoms with Crippen molar-refractivity contribution < 1.29 is 23.1 Å². The second-order valence-electron chi connectivity index (χ2n) is 9.28. The molecule has 0 spiro atoms. The van der Waals surface area contributed by atoms with Crippen LogP contribution >= 0.6 is 0 Å². The fraction of sp³-hybridized carbons (Fsp3) is 0.370. The van der Waals surface area contributed by atoms with E-state index in [2.05, 4.69) is 19.9 Å². The van der Waals surface area contributed by atoms with E-state index in [1.54, 1.807) is 36.4 Å². The highest BCUT2D eigenvalue weighted by molar-refractivity contribution is 7.92. The molecule has 0 aliphatic carbocycles. The van der Waals surface area contributed by atoms with Gasteiger partial charge in [-0.1, -0.05) is 26.0 Å². The molecule has 1 amide bonds. The lowest BCUT2D eigenvalue weighted by atomic mass is 10.1. The Labute approximate surface area is 222 Å². The number of nitrogens with zero attached hydrogens (tertiary/aromatic N) is 3. The summed E-state index contributed by atoms with van der Waals surface area (Å²) in [6, 6.07) is 12.9. The number of rotatable bonds is 10. The first-order valence-corrected chi connectivity index (χ1v) is 14.2. The second kappa shape index (κ2) is 11.8. The van der Waals surface area contributed by atoms with Gasteiger partial charge in [-0.05, 0) is 54.8 Å². The maximum absolute atomic E-state index is 12.9. The Balaban J connectivity index is 1.52. The van der Waals surface area contributed by atoms with Crippen LogP contribution < -0.4 is 14.9 Å². The smallest absolute Gasteiger partial charge is 0.336 e. The van der Waals surface area contributed by atoms with Gasteiger partial charge >= 0.3 is 5.97 Å². The molecule has 1 saturated heterocycles. The summed E-state index contributed by atoms with van der Waals surface area (Å²) in [4.78, 5) is 33.0. The van der Waals surface area contributed by atoms with Gasteiger partial charge in [0.1, 0.15) is 5.82 Å². The number of aryl methyl sites for hydroxylation is 1. The minimum atomic E-state index is -3.84. The lowest BCUT2D eigenvalue weighted by Gasteiger charge is -2.35. The van der Waals surface area contributed by atoms with Crippen LogP contribution in [-0.2, 0) is 21.2 Å². The third-order valence-corrected chi connectivity index (χ3v) is 7.95. The molecule has 4 rings (SSSR count). The van der Waals surface area contributed by atoms with Gasteiger partial charge in [0.25, 0.3) is 10.0 Å². The van der Waals surface area contributed by atoms with Crippen LogP contribution in [0.25, 0.3) is 10.9 Å². The Morgan fingerprint density at radius 2 is 1.71 bits per heavy atom. The highest BCUT2D eigenvalue weighted by Gasteiger charge is 2.23. The van der Waals surface area contributed by atoms with Gasteiger partial charge in [-0.3, -0.25) is 14.4 Å². The van der Waals surface area contributed by atoms with Crippen LogP contribution in [0, 0.1) is 0 Å². The molecule has 3 N–H and O–H groups in total. The molecule has 3 aromatic rings. The molecule has 10 nitrogen and oxygen atoms in total. The van der Waals surface area contributed by atoms with Gasteiger partial charge in [-0.2, -0.15) is 0 Å². The summed E-state index contributed by atoms with van der Waals surface area (Å²) in [7, 11) is -3.84. The number of aromatic nitrogens is 1. The zero-order valence-corrected chi connectivity index (χ0v) is 22.4. The molecule has 2 aromatic carbocycles. The zero-order chi connectivity index (χ0) is 27.3. The van der Waals surface area contributed by atoms with Crippen molar-refractivity contribution in [3.8, 4) is 0 Å². The average molecular weight is 540 g/mol. The molecule has 0 atom stereocenters. The second-order valence-corrected chi connectivity index (χ2v) is 11.0. The fourth-order valence-corrected chi connectivity index (χ4v) is 5.44. The molecule has 202 valence electrons. The van der Waals surface area contributed by atoms with E-state index in [0.717, 1.165) is 18.4 Å². The number of nitrogens with one attached hydrogen (secondary N) is 2. The maximum Gasteiger partial charge on any atom is 0.336 e. The summed E-state index contributed by atoms with van der Waals surface area (Å²) in [6.45, 7) is 7.51. The summed E-state index contributed by atoms with van der Waals surface area (Å²) in [5, 5.41) is 13.2. The van der Waals surface area contributed by atoms with Crippen molar-refractivity contribution in [3.63, 3.8) is 0 Å². The highest BCUT2D eigenvalue weighted by atomic mass is 32.2. The molecule has 38 heavy (non-hydrogen) atoms. The number of pyridine rings is 1. The zero-order valence-electron chi connectivity index (χ0n) is 21.6. The summed E-state index contributed by atoms with van der Waals surface area (Å²) >= 11 is 0. The number of carboxylic acid groups (broad SMARTS) is 1. The van der Waals surface area contributed by atoms with E-state index in [1.807, 2.05) is 18.7 Å². The standard InChI is InChI=1S/C27H33N5O5S/c1-3-11-28-26(33)18-31-12-14-32(15-13-31)25-17-23(27(34)35)22-16-20(7-10-24(22)29-25)30-38(36,37)21-8-5-19(4-2)6-9-21/h5-10,16-17,30H,3-4,11-15,18H2,1-2H3,(H,28,33)(H,34,35). The van der Waals surface area contributed by atoms with E-state index in [1.165, 1.54) is 12.1 Å². The van der Waals surface area contributed by atoms with E-state index in [4.69, 9.17) is 0 Å². The molecule has 0 radical (unpaired) electrons. The molecule has 11 heteroatoms. The number of anilines is 2. The van der Waals surface area contributed by atoms with Crippen LogP contribution in [0.2, 0.25) is 0 Å². The molecule has 1 aliphatic rings. The number of aromatic carboxylic acids is 1. The van der Waals surface area contributed by atoms with Crippen molar-refractivity contribution in [2.24, 2.45) is 0 Å². The number of sulfonamides is 1. The minimum Gasteiger partial charge on any atom is -0.478 e. The summed E-state index contributed by atoms with van der Waals surface area (Å²) in [5.41, 5.74) is 1.78. The Bertz CT molecular complexity index is 1420. The number of fused-ring (bicyclic) bond motifs is 1. The molecule has 0 saturated carbocycles. The van der Waals surface area contributed by atoms with Crippen LogP contribution in [0.1, 0.15) is 36.2 Å². The van der Waals surface area contributed by atoms with Crippen molar-refractivity contribution in [1.82, 2.24) is 15.2 Å². The van der Waals surface area contributed by atoms with Crippen molar-refractivity contribution in [2.45, 2.75) is 31.6 Å². The van der Waals surface area contributed by atoms with E-state index in [-0.39, 0.29) is 22.1 Å². The number of amides is 1. The number of hydrogen-bond acceptors (Lipinski definition) is 7. The lowest BCUT2D eigenvalue weighted by molar-refractivity contribution is -0.122. The van der Waals surface area contributed by atoms with E-state index in [9.17, 15) is 23.1 Å². The van der Waals surface area contributed by atoms with E-state index in [0.29, 0.717) is 56.0 Å². The molecular formula is C27H33N5O5S. The molecule has 1 aromatic heterocycles. The number of carbonyl (C=O) groups is 2. The first-order valence-electron chi connectivity index (χ1n) is 12.7. The number of carboxylic acids is 1. The Kier molecular flexibility index (Phi) is 8.48. The van der Waals surface area contributed by atoms with Crippen molar-refractivity contribution in [1.29, 1.82) is 0 Å². The van der Waals surface area contributed by atoms with Gasteiger partial charge in [0.2, 0.25) is 5.91 Å². The molecule has 0 unspecified atom stereocenters. The molecule has 1 aliphatic heterocycles. The number of carbonyl (C=O) groups excluding carboxylic acids is 1. The maximum atomic E-state index is 12.9. The number of hydrogen-bond donors (Lipinski definition) is 3. The topological polar surface area (TPSA) is 132 Å². The predicted molar refractivity (Wildman–Crippen MR) is 147 cm³/mol. The van der Waals surface area contributed by atoms with Crippen LogP contribution in [0.4, 0.5) is 11.5 Å².